The molecule has 0 atom stereocenters. The van der Waals surface area contributed by atoms with Crippen molar-refractivity contribution in [3.63, 3.8) is 0 Å². The number of benzene rings is 1. The highest BCUT2D eigenvalue weighted by Gasteiger charge is 2.36. The summed E-state index contributed by atoms with van der Waals surface area (Å²) in [4.78, 5) is 2.18. The number of ether oxygens (including phenoxy) is 2. The molecule has 0 amide bonds. The Bertz CT molecular complexity index is 482. The summed E-state index contributed by atoms with van der Waals surface area (Å²) in [6.07, 6.45) is 0.870. The smallest absolute Gasteiger partial charge is 0.179 e. The van der Waals surface area contributed by atoms with Gasteiger partial charge in [-0.25, -0.2) is 0 Å². The van der Waals surface area contributed by atoms with Gasteiger partial charge < -0.3 is 14.6 Å². The standard InChI is InChI=1S/C14H18ClNO3/c1-14(17)8-16(9-14)7-10-5-11(15)13-12(6-10)18-3-2-4-19-13/h5-6,17H,2-4,7-9H2,1H3. The van der Waals surface area contributed by atoms with Crippen LogP contribution in [0.25, 0.3) is 0 Å². The molecule has 3 rings (SSSR count). The zero-order chi connectivity index (χ0) is 13.5. The van der Waals surface area contributed by atoms with Crippen LogP contribution < -0.4 is 9.47 Å². The van der Waals surface area contributed by atoms with E-state index in [0.717, 1.165) is 24.3 Å². The first-order valence-electron chi connectivity index (χ1n) is 6.56. The van der Waals surface area contributed by atoms with Gasteiger partial charge in [-0.15, -0.1) is 0 Å². The van der Waals surface area contributed by atoms with Gasteiger partial charge in [0.15, 0.2) is 11.5 Å². The molecule has 0 aliphatic carbocycles. The fourth-order valence-corrected chi connectivity index (χ4v) is 2.95. The summed E-state index contributed by atoms with van der Waals surface area (Å²) in [6, 6.07) is 3.90. The zero-order valence-corrected chi connectivity index (χ0v) is 11.7. The molecule has 1 saturated heterocycles. The van der Waals surface area contributed by atoms with Crippen molar-refractivity contribution in [2.45, 2.75) is 25.5 Å². The number of aliphatic hydroxyl groups is 1. The quantitative estimate of drug-likeness (QED) is 0.902. The normalized spacial score (nSPS) is 21.6. The Morgan fingerprint density at radius 3 is 2.79 bits per heavy atom. The van der Waals surface area contributed by atoms with Crippen molar-refractivity contribution < 1.29 is 14.6 Å². The van der Waals surface area contributed by atoms with E-state index in [0.29, 0.717) is 37.1 Å². The highest BCUT2D eigenvalue weighted by Crippen LogP contribution is 2.38. The Morgan fingerprint density at radius 1 is 1.32 bits per heavy atom. The lowest BCUT2D eigenvalue weighted by molar-refractivity contribution is -0.0871. The Balaban J connectivity index is 1.76. The lowest BCUT2D eigenvalue weighted by atomic mass is 9.96. The molecular formula is C14H18ClNO3. The largest absolute Gasteiger partial charge is 0.489 e. The zero-order valence-electron chi connectivity index (χ0n) is 11.0. The van der Waals surface area contributed by atoms with Crippen molar-refractivity contribution in [2.24, 2.45) is 0 Å². The number of halogens is 1. The summed E-state index contributed by atoms with van der Waals surface area (Å²) >= 11 is 6.25. The Labute approximate surface area is 117 Å². The molecule has 19 heavy (non-hydrogen) atoms. The highest BCUT2D eigenvalue weighted by atomic mass is 35.5. The second-order valence-electron chi connectivity index (χ2n) is 5.60. The van der Waals surface area contributed by atoms with Crippen molar-refractivity contribution in [1.82, 2.24) is 4.90 Å². The molecular weight excluding hydrogens is 266 g/mol. The summed E-state index contributed by atoms with van der Waals surface area (Å²) in [5.74, 6) is 1.38. The summed E-state index contributed by atoms with van der Waals surface area (Å²) < 4.78 is 11.3. The lowest BCUT2D eigenvalue weighted by Gasteiger charge is -2.44. The van der Waals surface area contributed by atoms with Crippen LogP contribution in [0.1, 0.15) is 18.9 Å². The van der Waals surface area contributed by atoms with Crippen molar-refractivity contribution >= 4 is 11.6 Å². The van der Waals surface area contributed by atoms with Crippen LogP contribution in [0.2, 0.25) is 5.02 Å². The first-order valence-corrected chi connectivity index (χ1v) is 6.94. The maximum atomic E-state index is 9.73. The second-order valence-corrected chi connectivity index (χ2v) is 6.00. The van der Waals surface area contributed by atoms with Gasteiger partial charge in [0.05, 0.1) is 23.8 Å². The molecule has 0 bridgehead atoms. The fraction of sp³-hybridized carbons (Fsp3) is 0.571. The first kappa shape index (κ1) is 13.0. The molecule has 0 unspecified atom stereocenters. The third-order valence-electron chi connectivity index (χ3n) is 3.40. The number of fused-ring (bicyclic) bond motifs is 1. The molecule has 4 nitrogen and oxygen atoms in total. The molecule has 0 radical (unpaired) electrons. The summed E-state index contributed by atoms with van der Waals surface area (Å²) in [7, 11) is 0. The molecule has 0 saturated carbocycles. The Kier molecular flexibility index (Phi) is 3.33. The average molecular weight is 284 g/mol. The van der Waals surface area contributed by atoms with E-state index in [-0.39, 0.29) is 0 Å². The molecule has 2 aliphatic heterocycles. The van der Waals surface area contributed by atoms with Crippen LogP contribution in [0.5, 0.6) is 11.5 Å². The van der Waals surface area contributed by atoms with Crippen LogP contribution >= 0.6 is 11.6 Å². The third-order valence-corrected chi connectivity index (χ3v) is 3.68. The molecule has 2 aliphatic rings. The average Bonchev–Trinajstić information content (AvgIpc) is 2.52. The number of hydrogen-bond donors (Lipinski definition) is 1. The van der Waals surface area contributed by atoms with Crippen molar-refractivity contribution in [3.05, 3.63) is 22.7 Å². The number of hydrogen-bond acceptors (Lipinski definition) is 4. The summed E-state index contributed by atoms with van der Waals surface area (Å²) in [5.41, 5.74) is 0.541. The molecule has 0 spiro atoms. The van der Waals surface area contributed by atoms with Gasteiger partial charge in [0.25, 0.3) is 0 Å². The lowest BCUT2D eigenvalue weighted by Crippen LogP contribution is -2.59. The number of nitrogens with zero attached hydrogens (tertiary/aromatic N) is 1. The van der Waals surface area contributed by atoms with Gasteiger partial charge >= 0.3 is 0 Å². The van der Waals surface area contributed by atoms with Crippen LogP contribution in [0, 0.1) is 0 Å². The van der Waals surface area contributed by atoms with Crippen LogP contribution in [-0.4, -0.2) is 41.9 Å². The molecule has 104 valence electrons. The third kappa shape index (κ3) is 2.81. The summed E-state index contributed by atoms with van der Waals surface area (Å²) in [5, 5.41) is 10.3. The minimum Gasteiger partial charge on any atom is -0.489 e. The van der Waals surface area contributed by atoms with Gasteiger partial charge in [-0.3, -0.25) is 4.90 Å². The predicted octanol–water partition coefficient (Wildman–Crippen LogP) is 2.07. The highest BCUT2D eigenvalue weighted by molar-refractivity contribution is 6.32. The van der Waals surface area contributed by atoms with E-state index in [9.17, 15) is 5.11 Å². The van der Waals surface area contributed by atoms with Gasteiger partial charge in [0.1, 0.15) is 0 Å². The van der Waals surface area contributed by atoms with Crippen LogP contribution in [-0.2, 0) is 6.54 Å². The van der Waals surface area contributed by atoms with Gasteiger partial charge in [0, 0.05) is 26.1 Å². The van der Waals surface area contributed by atoms with Gasteiger partial charge in [-0.2, -0.15) is 0 Å². The number of rotatable bonds is 2. The van der Waals surface area contributed by atoms with Crippen molar-refractivity contribution in [2.75, 3.05) is 26.3 Å². The van der Waals surface area contributed by atoms with E-state index >= 15 is 0 Å². The van der Waals surface area contributed by atoms with E-state index in [2.05, 4.69) is 4.90 Å². The summed E-state index contributed by atoms with van der Waals surface area (Å²) in [6.45, 7) is 5.31. The van der Waals surface area contributed by atoms with Crippen LogP contribution in [0.3, 0.4) is 0 Å². The van der Waals surface area contributed by atoms with Crippen LogP contribution in [0.4, 0.5) is 0 Å². The predicted molar refractivity (Wildman–Crippen MR) is 73.0 cm³/mol. The maximum absolute atomic E-state index is 9.73. The first-order chi connectivity index (χ1) is 9.03. The Hall–Kier alpha value is -0.970. The van der Waals surface area contributed by atoms with E-state index in [1.54, 1.807) is 0 Å². The minimum atomic E-state index is -0.547. The minimum absolute atomic E-state index is 0.547. The second kappa shape index (κ2) is 4.85. The molecule has 1 aromatic carbocycles. The van der Waals surface area contributed by atoms with E-state index in [1.165, 1.54) is 0 Å². The molecule has 2 heterocycles. The molecule has 1 aromatic rings. The molecule has 1 N–H and O–H groups in total. The maximum Gasteiger partial charge on any atom is 0.179 e. The van der Waals surface area contributed by atoms with Gasteiger partial charge in [-0.05, 0) is 24.6 Å². The molecule has 0 aromatic heterocycles. The topological polar surface area (TPSA) is 41.9 Å². The van der Waals surface area contributed by atoms with Crippen LogP contribution in [0.15, 0.2) is 12.1 Å². The van der Waals surface area contributed by atoms with E-state index in [4.69, 9.17) is 21.1 Å². The molecule has 1 fully saturated rings. The van der Waals surface area contributed by atoms with E-state index in [1.807, 2.05) is 19.1 Å². The van der Waals surface area contributed by atoms with Crippen molar-refractivity contribution in [1.29, 1.82) is 0 Å². The number of likely N-dealkylation sites (tertiary alicyclic amines) is 1. The number of β-amino-alcohol motifs (C(OH)–C–C–N with tert-alkyl or cyclic N) is 1. The Morgan fingerprint density at radius 2 is 2.05 bits per heavy atom. The monoisotopic (exact) mass is 283 g/mol. The van der Waals surface area contributed by atoms with Gasteiger partial charge in [0.2, 0.25) is 0 Å². The SMILES string of the molecule is CC1(O)CN(Cc2cc(Cl)c3c(c2)OCCCO3)C1. The van der Waals surface area contributed by atoms with Gasteiger partial charge in [-0.1, -0.05) is 11.6 Å². The fourth-order valence-electron chi connectivity index (χ4n) is 2.66. The van der Waals surface area contributed by atoms with E-state index < -0.39 is 5.60 Å². The van der Waals surface area contributed by atoms with Crippen molar-refractivity contribution in [3.8, 4) is 11.5 Å². The molecule has 5 heteroatoms.